The zero-order valence-corrected chi connectivity index (χ0v) is 51.8. The Morgan fingerprint density at radius 1 is 0.204 bits per heavy atom. The first-order chi connectivity index (χ1) is 45.9. The van der Waals surface area contributed by atoms with Gasteiger partial charge in [-0.3, -0.25) is 0 Å². The highest BCUT2D eigenvalue weighted by molar-refractivity contribution is 5.83. The van der Waals surface area contributed by atoms with Crippen molar-refractivity contribution >= 4 is 87.6 Å². The number of benzene rings is 12. The Balaban J connectivity index is 0.750. The fraction of sp³-hybridized carbons (Fsp3) is 0.0357. The van der Waals surface area contributed by atoms with Crippen molar-refractivity contribution < 1.29 is 14.2 Å². The Morgan fingerprint density at radius 2 is 0.376 bits per heavy atom. The maximum absolute atomic E-state index is 5.46. The number of para-hydroxylation sites is 3. The highest BCUT2D eigenvalue weighted by Crippen LogP contribution is 2.39. The summed E-state index contributed by atoms with van der Waals surface area (Å²) in [5.41, 5.74) is 18.5. The molecule has 0 N–H and O–H groups in total. The van der Waals surface area contributed by atoms with Crippen LogP contribution in [0.15, 0.2) is 309 Å². The van der Waals surface area contributed by atoms with E-state index in [1.54, 1.807) is 21.3 Å². The minimum Gasteiger partial charge on any atom is -0.497 e. The van der Waals surface area contributed by atoms with E-state index >= 15 is 0 Å². The summed E-state index contributed by atoms with van der Waals surface area (Å²) in [6.45, 7) is 0. The van der Waals surface area contributed by atoms with Crippen molar-refractivity contribution in [3.63, 3.8) is 0 Å². The predicted octanol–water partition coefficient (Wildman–Crippen LogP) is 21.8. The minimum absolute atomic E-state index is 0.580. The van der Waals surface area contributed by atoms with E-state index < -0.39 is 0 Å². The number of rotatable bonds is 21. The van der Waals surface area contributed by atoms with Crippen molar-refractivity contribution in [2.75, 3.05) is 36.0 Å². The molecule has 13 rings (SSSR count). The molecule has 93 heavy (non-hydrogen) atoms. The molecule has 13 aromatic rings. The van der Waals surface area contributed by atoms with Crippen molar-refractivity contribution in [2.24, 2.45) is 0 Å². The summed E-state index contributed by atoms with van der Waals surface area (Å²) in [6.07, 6.45) is 12.8. The summed E-state index contributed by atoms with van der Waals surface area (Å²) in [7, 11) is 5.06. The molecule has 9 heteroatoms. The molecule has 0 amide bonds. The fourth-order valence-electron chi connectivity index (χ4n) is 11.0. The molecule has 0 aliphatic heterocycles. The van der Waals surface area contributed by atoms with Crippen molar-refractivity contribution in [3.05, 3.63) is 343 Å². The molecule has 0 aliphatic rings. The molecule has 0 radical (unpaired) electrons. The molecule has 0 saturated carbocycles. The van der Waals surface area contributed by atoms with Gasteiger partial charge in [0.25, 0.3) is 0 Å². The van der Waals surface area contributed by atoms with Gasteiger partial charge in [0.1, 0.15) is 17.2 Å². The lowest BCUT2D eigenvalue weighted by molar-refractivity contribution is 0.414. The van der Waals surface area contributed by atoms with Gasteiger partial charge in [0.15, 0.2) is 17.5 Å². The lowest BCUT2D eigenvalue weighted by atomic mass is 10.1. The zero-order chi connectivity index (χ0) is 63.1. The average molecular weight is 1210 g/mol. The molecule has 0 spiro atoms. The summed E-state index contributed by atoms with van der Waals surface area (Å²) in [5.74, 6) is 4.19. The van der Waals surface area contributed by atoms with Crippen LogP contribution in [0.4, 0.5) is 51.2 Å². The summed E-state index contributed by atoms with van der Waals surface area (Å²) < 4.78 is 16.4. The van der Waals surface area contributed by atoms with Crippen LogP contribution in [0.5, 0.6) is 17.2 Å². The average Bonchev–Trinajstić information content (AvgIpc) is 1.26. The molecule has 0 saturated heterocycles. The number of aromatic nitrogens is 3. The van der Waals surface area contributed by atoms with E-state index in [0.29, 0.717) is 17.5 Å². The van der Waals surface area contributed by atoms with Gasteiger partial charge in [0, 0.05) is 67.9 Å². The van der Waals surface area contributed by atoms with Crippen molar-refractivity contribution in [1.29, 1.82) is 0 Å². The second kappa shape index (κ2) is 28.4. The monoisotopic (exact) mass is 1210 g/mol. The first-order valence-corrected chi connectivity index (χ1v) is 30.8. The topological polar surface area (TPSA) is 76.1 Å². The van der Waals surface area contributed by atoms with E-state index in [9.17, 15) is 0 Å². The van der Waals surface area contributed by atoms with Gasteiger partial charge >= 0.3 is 0 Å². The van der Waals surface area contributed by atoms with E-state index in [1.165, 1.54) is 0 Å². The van der Waals surface area contributed by atoms with Crippen LogP contribution < -0.4 is 28.9 Å². The van der Waals surface area contributed by atoms with Gasteiger partial charge in [0.05, 0.1) is 21.3 Å². The van der Waals surface area contributed by atoms with E-state index in [0.717, 1.165) is 119 Å². The van der Waals surface area contributed by atoms with Gasteiger partial charge in [0.2, 0.25) is 0 Å². The van der Waals surface area contributed by atoms with E-state index in [-0.39, 0.29) is 0 Å². The summed E-state index contributed by atoms with van der Waals surface area (Å²) in [4.78, 5) is 22.1. The van der Waals surface area contributed by atoms with E-state index in [1.807, 2.05) is 54.6 Å². The molecular weight excluding hydrogens is 1140 g/mol. The molecule has 450 valence electrons. The highest BCUT2D eigenvalue weighted by atomic mass is 16.5. The van der Waals surface area contributed by atoms with Gasteiger partial charge in [-0.25, -0.2) is 15.0 Å². The molecule has 0 atom stereocenters. The smallest absolute Gasteiger partial charge is 0.164 e. The maximum atomic E-state index is 5.46. The van der Waals surface area contributed by atoms with Crippen LogP contribution in [-0.2, 0) is 0 Å². The Labute approximate surface area is 544 Å². The number of hydrogen-bond acceptors (Lipinski definition) is 9. The second-order valence-corrected chi connectivity index (χ2v) is 22.1. The first kappa shape index (κ1) is 59.6. The van der Waals surface area contributed by atoms with Crippen LogP contribution in [0.3, 0.4) is 0 Å². The first-order valence-electron chi connectivity index (χ1n) is 30.8. The lowest BCUT2D eigenvalue weighted by Gasteiger charge is -2.25. The molecule has 0 unspecified atom stereocenters. The third-order valence-electron chi connectivity index (χ3n) is 16.0. The van der Waals surface area contributed by atoms with Gasteiger partial charge < -0.3 is 28.9 Å². The highest BCUT2D eigenvalue weighted by Gasteiger charge is 2.17. The second-order valence-electron chi connectivity index (χ2n) is 22.1. The summed E-state index contributed by atoms with van der Waals surface area (Å²) in [5, 5.41) is 0. The SMILES string of the molecule is COc1ccc(N(c2ccccc2)c2ccc(/C=C/c3ccc(-c4nc(-c5ccc(/C=C/c6ccc(N(c7ccccc7)c7ccc(OC)cc7)cc6)cc5)nc(-c5ccc(/C=C/c6ccc(N(c7ccccc7)c7ccc(OC)cc7)cc6)cc5)n4)cc3)cc2)cc1. The van der Waals surface area contributed by atoms with Crippen molar-refractivity contribution in [2.45, 2.75) is 0 Å². The molecule has 0 bridgehead atoms. The molecule has 0 aliphatic carbocycles. The van der Waals surface area contributed by atoms with Gasteiger partial charge in [-0.15, -0.1) is 0 Å². The zero-order valence-electron chi connectivity index (χ0n) is 51.8. The lowest BCUT2D eigenvalue weighted by Crippen LogP contribution is -2.09. The fourth-order valence-corrected chi connectivity index (χ4v) is 11.0. The summed E-state index contributed by atoms with van der Waals surface area (Å²) in [6, 6.07) is 106. The Morgan fingerprint density at radius 3 is 0.570 bits per heavy atom. The Hall–Kier alpha value is -12.3. The molecular formula is C84H66N6O3. The third kappa shape index (κ3) is 14.4. The van der Waals surface area contributed by atoms with E-state index in [4.69, 9.17) is 29.2 Å². The van der Waals surface area contributed by atoms with Gasteiger partial charge in [-0.05, 0) is 179 Å². The van der Waals surface area contributed by atoms with Gasteiger partial charge in [-0.2, -0.15) is 0 Å². The molecule has 1 aromatic heterocycles. The van der Waals surface area contributed by atoms with Crippen LogP contribution in [0.25, 0.3) is 70.6 Å². The summed E-state index contributed by atoms with van der Waals surface area (Å²) >= 11 is 0. The molecule has 0 fully saturated rings. The van der Waals surface area contributed by atoms with Crippen molar-refractivity contribution in [1.82, 2.24) is 15.0 Å². The molecule has 12 aromatic carbocycles. The number of hydrogen-bond donors (Lipinski definition) is 0. The molecule has 1 heterocycles. The quantitative estimate of drug-likeness (QED) is 0.0654. The number of methoxy groups -OCH3 is 3. The normalized spacial score (nSPS) is 11.3. The number of anilines is 9. The molecule has 9 nitrogen and oxygen atoms in total. The van der Waals surface area contributed by atoms with E-state index in [2.05, 4.69) is 306 Å². The third-order valence-corrected chi connectivity index (χ3v) is 16.0. The maximum Gasteiger partial charge on any atom is 0.164 e. The van der Waals surface area contributed by atoms with Crippen LogP contribution in [0.1, 0.15) is 33.4 Å². The Bertz CT molecular complexity index is 4150. The van der Waals surface area contributed by atoms with Gasteiger partial charge in [-0.1, -0.05) is 200 Å². The van der Waals surface area contributed by atoms with Crippen LogP contribution >= 0.6 is 0 Å². The largest absolute Gasteiger partial charge is 0.497 e. The van der Waals surface area contributed by atoms with Crippen molar-refractivity contribution in [3.8, 4) is 51.4 Å². The van der Waals surface area contributed by atoms with Crippen LogP contribution in [-0.4, -0.2) is 36.3 Å². The van der Waals surface area contributed by atoms with Crippen LogP contribution in [0.2, 0.25) is 0 Å². The van der Waals surface area contributed by atoms with Crippen LogP contribution in [0, 0.1) is 0 Å². The minimum atomic E-state index is 0.580. The standard InChI is InChI=1S/C84H66N6O3/c1-91-79-55-49-76(50-56-79)88(70-13-7-4-8-14-70)73-43-31-64(32-44-73)22-19-61-25-37-67(38-26-61)82-85-83(68-39-27-62(28-40-68)20-23-65-33-45-74(46-34-65)89(71-15-9-5-10-16-71)77-51-57-80(92-2)58-52-77)87-84(86-82)69-41-29-63(30-42-69)21-24-66-35-47-75(48-36-66)90(72-17-11-6-12-18-72)78-53-59-81(93-3)60-54-78/h4-60H,1-3H3/b22-19+,23-20+,24-21+. The predicted molar refractivity (Wildman–Crippen MR) is 386 cm³/mol. The Kier molecular flexibility index (Phi) is 18.2. The number of ether oxygens (including phenoxy) is 3. The number of nitrogens with zero attached hydrogens (tertiary/aromatic N) is 6.